The van der Waals surface area contributed by atoms with Crippen LogP contribution < -0.4 is 4.90 Å². The number of nitriles is 1. The fourth-order valence-electron chi connectivity index (χ4n) is 4.09. The Hall–Kier alpha value is -2.84. The molecule has 31 heavy (non-hydrogen) atoms. The van der Waals surface area contributed by atoms with Crippen LogP contribution in [0.15, 0.2) is 24.3 Å². The van der Waals surface area contributed by atoms with E-state index in [2.05, 4.69) is 64.5 Å². The van der Waals surface area contributed by atoms with Crippen molar-refractivity contribution in [3.8, 4) is 17.9 Å². The first kappa shape index (κ1) is 20.1. The molecule has 2 aliphatic rings. The second-order valence-corrected chi connectivity index (χ2v) is 9.48. The van der Waals surface area contributed by atoms with Gasteiger partial charge in [-0.2, -0.15) is 5.26 Å². The lowest BCUT2D eigenvalue weighted by molar-refractivity contribution is -0.112. The number of halogens is 1. The van der Waals surface area contributed by atoms with Crippen LogP contribution >= 0.6 is 22.6 Å². The summed E-state index contributed by atoms with van der Waals surface area (Å²) in [7, 11) is 0. The molecule has 0 aliphatic heterocycles. The molecule has 2 aliphatic carbocycles. The van der Waals surface area contributed by atoms with Gasteiger partial charge < -0.3 is 4.98 Å². The van der Waals surface area contributed by atoms with Crippen molar-refractivity contribution in [2.45, 2.75) is 51.4 Å². The maximum Gasteiger partial charge on any atom is 0.308 e. The van der Waals surface area contributed by atoms with Crippen molar-refractivity contribution < 1.29 is 4.79 Å². The second kappa shape index (κ2) is 7.69. The van der Waals surface area contributed by atoms with Gasteiger partial charge in [-0.05, 0) is 109 Å². The molecule has 0 saturated heterocycles. The number of anilines is 2. The predicted molar refractivity (Wildman–Crippen MR) is 129 cm³/mol. The molecule has 0 spiro atoms. The van der Waals surface area contributed by atoms with Crippen LogP contribution in [0.5, 0.6) is 0 Å². The molecule has 1 amide bonds. The van der Waals surface area contributed by atoms with E-state index in [1.165, 1.54) is 3.57 Å². The fraction of sp³-hybridized carbons (Fsp3) is 0.320. The van der Waals surface area contributed by atoms with Gasteiger partial charge >= 0.3 is 5.91 Å². The van der Waals surface area contributed by atoms with Crippen LogP contribution in [0.1, 0.15) is 66.8 Å². The first-order chi connectivity index (χ1) is 15.0. The first-order valence-electron chi connectivity index (χ1n) is 10.5. The largest absolute Gasteiger partial charge is 0.356 e. The normalized spacial score (nSPS) is 15.3. The fourth-order valence-corrected chi connectivity index (χ4v) is 4.58. The van der Waals surface area contributed by atoms with Crippen molar-refractivity contribution in [2.24, 2.45) is 0 Å². The summed E-state index contributed by atoms with van der Waals surface area (Å²) in [5.74, 6) is 6.49. The van der Waals surface area contributed by atoms with E-state index in [0.717, 1.165) is 53.7 Å². The molecule has 2 heterocycles. The Morgan fingerprint density at radius 3 is 2.61 bits per heavy atom. The molecular weight excluding hydrogens is 499 g/mol. The van der Waals surface area contributed by atoms with Gasteiger partial charge in [-0.3, -0.25) is 9.69 Å². The van der Waals surface area contributed by atoms with Crippen LogP contribution in [0, 0.1) is 33.7 Å². The van der Waals surface area contributed by atoms with Gasteiger partial charge in [0.2, 0.25) is 0 Å². The first-order valence-corrected chi connectivity index (χ1v) is 11.6. The van der Waals surface area contributed by atoms with Crippen LogP contribution in [0.2, 0.25) is 0 Å². The molecule has 2 fully saturated rings. The minimum Gasteiger partial charge on any atom is -0.356 e. The summed E-state index contributed by atoms with van der Waals surface area (Å²) in [6, 6.07) is 10.3. The number of hydrogen-bond acceptors (Lipinski definition) is 3. The van der Waals surface area contributed by atoms with Crippen molar-refractivity contribution in [1.29, 1.82) is 5.26 Å². The van der Waals surface area contributed by atoms with Gasteiger partial charge in [0.25, 0.3) is 0 Å². The monoisotopic (exact) mass is 520 g/mol. The van der Waals surface area contributed by atoms with Gasteiger partial charge in [-0.1, -0.05) is 5.92 Å². The van der Waals surface area contributed by atoms with Crippen LogP contribution in [-0.4, -0.2) is 15.9 Å². The van der Waals surface area contributed by atoms with Gasteiger partial charge in [0.15, 0.2) is 0 Å². The zero-order valence-corrected chi connectivity index (χ0v) is 19.6. The zero-order valence-electron chi connectivity index (χ0n) is 17.4. The molecule has 5 nitrogen and oxygen atoms in total. The van der Waals surface area contributed by atoms with E-state index >= 15 is 0 Å². The summed E-state index contributed by atoms with van der Waals surface area (Å²) in [6.07, 6.45) is 4.44. The smallest absolute Gasteiger partial charge is 0.308 e. The minimum atomic E-state index is -0.312. The van der Waals surface area contributed by atoms with E-state index in [1.54, 1.807) is 11.8 Å². The maximum absolute atomic E-state index is 13.2. The predicted octanol–water partition coefficient (Wildman–Crippen LogP) is 5.79. The van der Waals surface area contributed by atoms with Crippen LogP contribution in [0.4, 0.5) is 11.5 Å². The van der Waals surface area contributed by atoms with Crippen molar-refractivity contribution >= 4 is 51.0 Å². The lowest BCUT2D eigenvalue weighted by atomic mass is 10.0. The van der Waals surface area contributed by atoms with E-state index in [0.29, 0.717) is 28.7 Å². The molecule has 3 aromatic rings. The maximum atomic E-state index is 13.2. The molecule has 0 bridgehead atoms. The number of aromatic nitrogens is 2. The topological polar surface area (TPSA) is 72.8 Å². The number of amides is 1. The Labute approximate surface area is 195 Å². The summed E-state index contributed by atoms with van der Waals surface area (Å²) < 4.78 is 1.19. The second-order valence-electron chi connectivity index (χ2n) is 8.32. The Morgan fingerprint density at radius 1 is 1.23 bits per heavy atom. The molecule has 6 heteroatoms. The summed E-state index contributed by atoms with van der Waals surface area (Å²) in [5, 5.41) is 9.80. The number of carbonyl (C=O) groups excluding carboxylic acids is 1. The molecule has 2 aromatic heterocycles. The highest BCUT2D eigenvalue weighted by Crippen LogP contribution is 2.47. The van der Waals surface area contributed by atoms with E-state index in [9.17, 15) is 10.1 Å². The van der Waals surface area contributed by atoms with Gasteiger partial charge in [-0.15, -0.1) is 0 Å². The van der Waals surface area contributed by atoms with Gasteiger partial charge in [-0.25, -0.2) is 4.98 Å². The molecule has 1 N–H and O–H groups in total. The number of carbonyl (C=O) groups is 1. The van der Waals surface area contributed by atoms with Crippen molar-refractivity contribution in [3.63, 3.8) is 0 Å². The van der Waals surface area contributed by atoms with E-state index in [4.69, 9.17) is 4.98 Å². The number of nitrogens with one attached hydrogen (secondary N) is 1. The number of aryl methyl sites for hydroxylation is 1. The molecule has 0 radical (unpaired) electrons. The molecule has 1 aromatic carbocycles. The Bertz CT molecular complexity index is 1330. The average molecular weight is 520 g/mol. The quantitative estimate of drug-likeness (QED) is 0.350. The number of benzene rings is 1. The van der Waals surface area contributed by atoms with Crippen molar-refractivity contribution in [1.82, 2.24) is 9.97 Å². The van der Waals surface area contributed by atoms with Crippen molar-refractivity contribution in [2.75, 3.05) is 4.90 Å². The molecule has 0 unspecified atom stereocenters. The van der Waals surface area contributed by atoms with Gasteiger partial charge in [0.1, 0.15) is 17.4 Å². The molecule has 154 valence electrons. The van der Waals surface area contributed by atoms with Gasteiger partial charge in [0, 0.05) is 15.2 Å². The molecule has 5 rings (SSSR count). The van der Waals surface area contributed by atoms with E-state index < -0.39 is 0 Å². The summed E-state index contributed by atoms with van der Waals surface area (Å²) >= 11 is 2.35. The minimum absolute atomic E-state index is 0.312. The van der Waals surface area contributed by atoms with E-state index in [1.807, 2.05) is 12.1 Å². The van der Waals surface area contributed by atoms with Crippen molar-refractivity contribution in [3.05, 3.63) is 50.2 Å². The summed E-state index contributed by atoms with van der Waals surface area (Å²) in [5.41, 5.74) is 6.13. The average Bonchev–Trinajstić information content (AvgIpc) is 3.67. The highest BCUT2D eigenvalue weighted by Gasteiger charge is 2.32. The third kappa shape index (κ3) is 3.59. The van der Waals surface area contributed by atoms with Crippen LogP contribution in [0.3, 0.4) is 0 Å². The summed E-state index contributed by atoms with van der Waals surface area (Å²) in [6.45, 7) is 3.71. The third-order valence-corrected chi connectivity index (χ3v) is 7.15. The van der Waals surface area contributed by atoms with E-state index in [-0.39, 0.29) is 5.91 Å². The molecule has 2 saturated carbocycles. The lowest BCUT2D eigenvalue weighted by Gasteiger charge is -2.24. The Morgan fingerprint density at radius 2 is 1.97 bits per heavy atom. The number of rotatable bonds is 4. The lowest BCUT2D eigenvalue weighted by Crippen LogP contribution is -2.26. The highest BCUT2D eigenvalue weighted by molar-refractivity contribution is 14.1. The van der Waals surface area contributed by atoms with Crippen LogP contribution in [0.25, 0.3) is 11.0 Å². The number of hydrogen-bond donors (Lipinski definition) is 1. The Kier molecular flexibility index (Phi) is 4.98. The number of aromatic amines is 1. The number of fused-ring (bicyclic) bond motifs is 1. The molecule has 0 atom stereocenters. The van der Waals surface area contributed by atoms with Gasteiger partial charge in [0.05, 0.1) is 16.8 Å². The third-order valence-electron chi connectivity index (χ3n) is 5.98. The Balaban J connectivity index is 1.71. The number of H-pyrrole nitrogens is 1. The molecular formula is C25H21IN4O. The standard InChI is InChI=1S/C25H21IN4O/c1-3-4-23(31)30(21-11-14(2)19(26)12-17(21)15-5-6-15)22-10-9-20-25(29-22)18(13-27)24(28-20)16-7-8-16/h9-12,15-16,28H,5-8H2,1-2H3. The summed E-state index contributed by atoms with van der Waals surface area (Å²) in [4.78, 5) is 23.0. The number of pyridine rings is 1. The zero-order chi connectivity index (χ0) is 21.7. The van der Waals surface area contributed by atoms with Crippen LogP contribution in [-0.2, 0) is 4.79 Å². The SMILES string of the molecule is CC#CC(=O)N(c1ccc2[nH]c(C3CC3)c(C#N)c2n1)c1cc(C)c(I)cc1C1CC1. The highest BCUT2D eigenvalue weighted by atomic mass is 127. The number of nitrogens with zero attached hydrogens (tertiary/aromatic N) is 3.